The molecule has 2 aromatic carbocycles. The summed E-state index contributed by atoms with van der Waals surface area (Å²) in [6.45, 7) is 3.91. The van der Waals surface area contributed by atoms with E-state index in [1.807, 2.05) is 50.2 Å². The predicted molar refractivity (Wildman–Crippen MR) is 128 cm³/mol. The highest BCUT2D eigenvalue weighted by Crippen LogP contribution is 2.34. The summed E-state index contributed by atoms with van der Waals surface area (Å²) in [4.78, 5) is 27.1. The maximum Gasteiger partial charge on any atom is 0.270 e. The van der Waals surface area contributed by atoms with E-state index in [1.54, 1.807) is 24.3 Å². The zero-order valence-electron chi connectivity index (χ0n) is 16.6. The number of para-hydroxylation sites is 1. The second-order valence-corrected chi connectivity index (χ2v) is 8.20. The van der Waals surface area contributed by atoms with E-state index < -0.39 is 11.8 Å². The number of amides is 2. The highest BCUT2D eigenvalue weighted by molar-refractivity contribution is 7.80. The van der Waals surface area contributed by atoms with Gasteiger partial charge in [0.15, 0.2) is 5.11 Å². The topological polar surface area (TPSA) is 54.3 Å². The molecular weight excluding hydrogens is 453 g/mol. The number of aromatic nitrogens is 1. The Bertz CT molecular complexity index is 1270. The van der Waals surface area contributed by atoms with Gasteiger partial charge in [0.25, 0.3) is 11.8 Å². The van der Waals surface area contributed by atoms with Gasteiger partial charge in [-0.15, -0.1) is 0 Å². The molecule has 0 atom stereocenters. The van der Waals surface area contributed by atoms with E-state index in [0.717, 1.165) is 22.6 Å². The van der Waals surface area contributed by atoms with Gasteiger partial charge >= 0.3 is 0 Å². The Hall–Kier alpha value is -2.93. The highest BCUT2D eigenvalue weighted by atomic mass is 35.5. The number of carbonyl (C=O) groups is 2. The Morgan fingerprint density at radius 2 is 1.71 bits per heavy atom. The van der Waals surface area contributed by atoms with Crippen molar-refractivity contribution >= 4 is 64.1 Å². The van der Waals surface area contributed by atoms with Gasteiger partial charge in [-0.3, -0.25) is 19.8 Å². The van der Waals surface area contributed by atoms with Crippen LogP contribution in [0.4, 0.5) is 5.69 Å². The minimum atomic E-state index is -0.567. The second kappa shape index (κ2) is 8.30. The van der Waals surface area contributed by atoms with Crippen LogP contribution in [0.25, 0.3) is 11.8 Å². The molecule has 5 nitrogen and oxygen atoms in total. The van der Waals surface area contributed by atoms with Gasteiger partial charge in [0.2, 0.25) is 0 Å². The average Bonchev–Trinajstić information content (AvgIpc) is 3.02. The lowest BCUT2D eigenvalue weighted by Gasteiger charge is -2.29. The maximum atomic E-state index is 13.3. The molecule has 0 aliphatic carbocycles. The standard InChI is InChI=1S/C23H17Cl2N3O2S/c1-13-11-15(14(2)27(13)16-7-4-3-5-8-16)12-17-21(29)26-23(31)28(22(17)30)19-10-6-9-18(24)20(19)25/h3-12H,1-2H3,(H,26,29,31)/b17-12+. The summed E-state index contributed by atoms with van der Waals surface area (Å²) in [5.74, 6) is -1.13. The molecular formula is C23H17Cl2N3O2S. The minimum Gasteiger partial charge on any atom is -0.318 e. The Balaban J connectivity index is 1.79. The number of nitrogens with zero attached hydrogens (tertiary/aromatic N) is 2. The molecule has 1 N–H and O–H groups in total. The van der Waals surface area contributed by atoms with Crippen molar-refractivity contribution in [3.05, 3.63) is 87.2 Å². The summed E-state index contributed by atoms with van der Waals surface area (Å²) >= 11 is 17.6. The van der Waals surface area contributed by atoms with E-state index in [4.69, 9.17) is 35.4 Å². The molecule has 0 spiro atoms. The number of rotatable bonds is 3. The zero-order chi connectivity index (χ0) is 22.3. The second-order valence-electron chi connectivity index (χ2n) is 7.03. The summed E-state index contributed by atoms with van der Waals surface area (Å²) < 4.78 is 2.06. The van der Waals surface area contributed by atoms with Gasteiger partial charge in [-0.05, 0) is 68.0 Å². The number of anilines is 1. The SMILES string of the molecule is Cc1cc(/C=C2\C(=O)NC(=S)N(c3cccc(Cl)c3Cl)C2=O)c(C)n1-c1ccccc1. The summed E-state index contributed by atoms with van der Waals surface area (Å²) in [6.07, 6.45) is 1.58. The van der Waals surface area contributed by atoms with Crippen LogP contribution in [0.2, 0.25) is 10.0 Å². The van der Waals surface area contributed by atoms with Crippen LogP contribution in [0.15, 0.2) is 60.2 Å². The lowest BCUT2D eigenvalue weighted by Crippen LogP contribution is -2.54. The Labute approximate surface area is 194 Å². The van der Waals surface area contributed by atoms with Crippen LogP contribution in [0.1, 0.15) is 17.0 Å². The van der Waals surface area contributed by atoms with Crippen LogP contribution < -0.4 is 10.2 Å². The van der Waals surface area contributed by atoms with E-state index in [1.165, 1.54) is 4.90 Å². The van der Waals surface area contributed by atoms with Crippen molar-refractivity contribution in [3.63, 3.8) is 0 Å². The van der Waals surface area contributed by atoms with Crippen molar-refractivity contribution in [2.75, 3.05) is 4.90 Å². The predicted octanol–water partition coefficient (Wildman–Crippen LogP) is 5.23. The normalized spacial score (nSPS) is 15.5. The summed E-state index contributed by atoms with van der Waals surface area (Å²) in [6, 6.07) is 16.7. The Morgan fingerprint density at radius 1 is 1.00 bits per heavy atom. The molecule has 1 aliphatic heterocycles. The number of benzene rings is 2. The number of nitrogens with one attached hydrogen (secondary N) is 1. The van der Waals surface area contributed by atoms with Crippen molar-refractivity contribution in [3.8, 4) is 5.69 Å². The van der Waals surface area contributed by atoms with E-state index in [0.29, 0.717) is 5.69 Å². The monoisotopic (exact) mass is 469 g/mol. The van der Waals surface area contributed by atoms with Gasteiger partial charge < -0.3 is 4.57 Å². The molecule has 0 unspecified atom stereocenters. The average molecular weight is 470 g/mol. The number of halogens is 2. The molecule has 1 aliphatic rings. The van der Waals surface area contributed by atoms with Crippen molar-refractivity contribution in [1.29, 1.82) is 0 Å². The first kappa shape index (κ1) is 21.3. The van der Waals surface area contributed by atoms with Gasteiger partial charge in [-0.25, -0.2) is 0 Å². The first-order valence-electron chi connectivity index (χ1n) is 9.39. The maximum absolute atomic E-state index is 13.3. The van der Waals surface area contributed by atoms with Gasteiger partial charge in [0.1, 0.15) is 5.57 Å². The van der Waals surface area contributed by atoms with Crippen molar-refractivity contribution in [2.24, 2.45) is 0 Å². The third kappa shape index (κ3) is 3.78. The highest BCUT2D eigenvalue weighted by Gasteiger charge is 2.36. The van der Waals surface area contributed by atoms with Crippen molar-refractivity contribution in [2.45, 2.75) is 13.8 Å². The molecule has 31 heavy (non-hydrogen) atoms. The summed E-state index contributed by atoms with van der Waals surface area (Å²) in [7, 11) is 0. The van der Waals surface area contributed by atoms with Crippen LogP contribution >= 0.6 is 35.4 Å². The largest absolute Gasteiger partial charge is 0.318 e. The molecule has 8 heteroatoms. The Kier molecular flexibility index (Phi) is 5.71. The van der Waals surface area contributed by atoms with Crippen LogP contribution in [0.5, 0.6) is 0 Å². The lowest BCUT2D eigenvalue weighted by atomic mass is 10.1. The molecule has 1 saturated heterocycles. The third-order valence-electron chi connectivity index (χ3n) is 5.06. The summed E-state index contributed by atoms with van der Waals surface area (Å²) in [5, 5.41) is 2.98. The molecule has 2 amide bonds. The third-order valence-corrected chi connectivity index (χ3v) is 6.15. The minimum absolute atomic E-state index is 0.0436. The van der Waals surface area contributed by atoms with E-state index in [9.17, 15) is 9.59 Å². The van der Waals surface area contributed by atoms with Gasteiger partial charge in [-0.2, -0.15) is 0 Å². The number of hydrogen-bond donors (Lipinski definition) is 1. The Morgan fingerprint density at radius 3 is 2.42 bits per heavy atom. The van der Waals surface area contributed by atoms with Gasteiger partial charge in [0.05, 0.1) is 15.7 Å². The molecule has 0 radical (unpaired) electrons. The fourth-order valence-corrected chi connectivity index (χ4v) is 4.26. The number of carbonyl (C=O) groups excluding carboxylic acids is 2. The molecule has 3 aromatic rings. The van der Waals surface area contributed by atoms with Gasteiger partial charge in [0, 0.05) is 17.1 Å². The van der Waals surface area contributed by atoms with Crippen LogP contribution in [-0.4, -0.2) is 21.5 Å². The molecule has 156 valence electrons. The van der Waals surface area contributed by atoms with E-state index >= 15 is 0 Å². The molecule has 0 bridgehead atoms. The smallest absolute Gasteiger partial charge is 0.270 e. The molecule has 1 fully saturated rings. The first-order valence-corrected chi connectivity index (χ1v) is 10.6. The van der Waals surface area contributed by atoms with Crippen LogP contribution in [0, 0.1) is 13.8 Å². The fourth-order valence-electron chi connectivity index (χ4n) is 3.60. The van der Waals surface area contributed by atoms with Crippen molar-refractivity contribution in [1.82, 2.24) is 9.88 Å². The lowest BCUT2D eigenvalue weighted by molar-refractivity contribution is -0.122. The van der Waals surface area contributed by atoms with Crippen molar-refractivity contribution < 1.29 is 9.59 Å². The molecule has 2 heterocycles. The fraction of sp³-hybridized carbons (Fsp3) is 0.0870. The number of thiocarbonyl (C=S) groups is 1. The summed E-state index contributed by atoms with van der Waals surface area (Å²) in [5.41, 5.74) is 3.89. The first-order chi connectivity index (χ1) is 14.8. The van der Waals surface area contributed by atoms with Gasteiger partial charge in [-0.1, -0.05) is 47.5 Å². The number of aryl methyl sites for hydroxylation is 1. The zero-order valence-corrected chi connectivity index (χ0v) is 19.0. The molecule has 1 aromatic heterocycles. The van der Waals surface area contributed by atoms with Crippen LogP contribution in [-0.2, 0) is 9.59 Å². The molecule has 4 rings (SSSR count). The van der Waals surface area contributed by atoms with E-state index in [2.05, 4.69) is 9.88 Å². The molecule has 0 saturated carbocycles. The number of hydrogen-bond acceptors (Lipinski definition) is 3. The van der Waals surface area contributed by atoms with E-state index in [-0.39, 0.29) is 20.7 Å². The quantitative estimate of drug-likeness (QED) is 0.324. The van der Waals surface area contributed by atoms with Crippen LogP contribution in [0.3, 0.4) is 0 Å².